The smallest absolute Gasteiger partial charge is 0.326 e. The summed E-state index contributed by atoms with van der Waals surface area (Å²) in [5, 5.41) is 14.7. The Hall–Kier alpha value is -2.99. The Morgan fingerprint density at radius 1 is 1.26 bits per heavy atom. The van der Waals surface area contributed by atoms with Crippen molar-refractivity contribution in [1.29, 1.82) is 0 Å². The van der Waals surface area contributed by atoms with Gasteiger partial charge in [-0.1, -0.05) is 20.3 Å². The van der Waals surface area contributed by atoms with E-state index in [2.05, 4.69) is 20.6 Å². The Morgan fingerprint density at radius 3 is 2.59 bits per heavy atom. The molecule has 1 aliphatic heterocycles. The van der Waals surface area contributed by atoms with Gasteiger partial charge in [-0.15, -0.1) is 0 Å². The van der Waals surface area contributed by atoms with Crippen molar-refractivity contribution in [3.8, 4) is 0 Å². The third kappa shape index (κ3) is 7.52. The molecule has 12 nitrogen and oxygen atoms in total. The highest BCUT2D eigenvalue weighted by Gasteiger charge is 2.39. The Morgan fingerprint density at radius 2 is 2.00 bits per heavy atom. The number of hydrogen-bond donors (Lipinski definition) is 6. The number of aromatic nitrogens is 2. The van der Waals surface area contributed by atoms with Crippen LogP contribution in [0.5, 0.6) is 0 Å². The van der Waals surface area contributed by atoms with Crippen molar-refractivity contribution >= 4 is 23.7 Å². The average Bonchev–Trinajstić information content (AvgIpc) is 3.48. The minimum Gasteiger partial charge on any atom is -0.480 e. The number of carboxylic acids is 1. The van der Waals surface area contributed by atoms with Crippen LogP contribution >= 0.6 is 0 Å². The summed E-state index contributed by atoms with van der Waals surface area (Å²) in [5.41, 5.74) is 12.1. The number of unbranched alkanes of at least 4 members (excludes halogenated alkanes) is 1. The van der Waals surface area contributed by atoms with Crippen molar-refractivity contribution in [3.05, 3.63) is 18.2 Å². The van der Waals surface area contributed by atoms with Crippen molar-refractivity contribution in [2.75, 3.05) is 13.1 Å². The van der Waals surface area contributed by atoms with E-state index >= 15 is 0 Å². The van der Waals surface area contributed by atoms with Crippen molar-refractivity contribution in [3.63, 3.8) is 0 Å². The maximum atomic E-state index is 13.5. The maximum Gasteiger partial charge on any atom is 0.326 e. The number of aromatic amines is 1. The van der Waals surface area contributed by atoms with Gasteiger partial charge in [-0.2, -0.15) is 0 Å². The van der Waals surface area contributed by atoms with Gasteiger partial charge in [0, 0.05) is 24.9 Å². The number of imidazole rings is 1. The normalized spacial score (nSPS) is 18.4. The zero-order chi connectivity index (χ0) is 25.3. The van der Waals surface area contributed by atoms with E-state index in [0.29, 0.717) is 44.5 Å². The van der Waals surface area contributed by atoms with E-state index in [1.54, 1.807) is 20.0 Å². The molecule has 0 aromatic carbocycles. The molecular weight excluding hydrogens is 442 g/mol. The van der Waals surface area contributed by atoms with Crippen molar-refractivity contribution in [1.82, 2.24) is 25.5 Å². The summed E-state index contributed by atoms with van der Waals surface area (Å²) >= 11 is 0. The highest BCUT2D eigenvalue weighted by Crippen LogP contribution is 2.20. The maximum absolute atomic E-state index is 13.5. The predicted octanol–water partition coefficient (Wildman–Crippen LogP) is -0.890. The molecular formula is C22H37N7O5. The van der Waals surface area contributed by atoms with Gasteiger partial charge in [0.05, 0.1) is 12.4 Å². The molecule has 8 N–H and O–H groups in total. The van der Waals surface area contributed by atoms with Crippen LogP contribution < -0.4 is 22.1 Å². The highest BCUT2D eigenvalue weighted by molar-refractivity contribution is 5.94. The molecule has 0 saturated carbocycles. The third-order valence-electron chi connectivity index (χ3n) is 5.97. The molecule has 1 aromatic rings. The van der Waals surface area contributed by atoms with Crippen molar-refractivity contribution in [2.24, 2.45) is 17.4 Å². The number of hydrogen-bond acceptors (Lipinski definition) is 7. The molecule has 0 spiro atoms. The molecule has 4 unspecified atom stereocenters. The number of rotatable bonds is 13. The van der Waals surface area contributed by atoms with Gasteiger partial charge in [-0.05, 0) is 38.1 Å². The minimum absolute atomic E-state index is 0.147. The van der Waals surface area contributed by atoms with Crippen LogP contribution in [-0.2, 0) is 25.6 Å². The van der Waals surface area contributed by atoms with Crippen LogP contribution in [0.3, 0.4) is 0 Å². The fourth-order valence-electron chi connectivity index (χ4n) is 4.00. The molecule has 2 heterocycles. The van der Waals surface area contributed by atoms with Gasteiger partial charge < -0.3 is 37.1 Å². The van der Waals surface area contributed by atoms with Crippen LogP contribution in [0, 0.1) is 5.92 Å². The van der Waals surface area contributed by atoms with Crippen molar-refractivity contribution in [2.45, 2.75) is 76.5 Å². The number of likely N-dealkylation sites (tertiary alicyclic amines) is 1. The molecule has 1 aliphatic rings. The lowest BCUT2D eigenvalue weighted by atomic mass is 10.0. The number of carbonyl (C=O) groups excluding carboxylic acids is 3. The zero-order valence-corrected chi connectivity index (χ0v) is 19.8. The number of nitrogens with two attached hydrogens (primary N) is 2. The third-order valence-corrected chi connectivity index (χ3v) is 5.97. The summed E-state index contributed by atoms with van der Waals surface area (Å²) in [7, 11) is 0. The van der Waals surface area contributed by atoms with Gasteiger partial charge in [-0.25, -0.2) is 9.78 Å². The molecule has 4 atom stereocenters. The molecule has 190 valence electrons. The number of aliphatic carboxylic acids is 1. The van der Waals surface area contributed by atoms with E-state index in [-0.39, 0.29) is 12.3 Å². The second-order valence-electron chi connectivity index (χ2n) is 8.99. The van der Waals surface area contributed by atoms with E-state index < -0.39 is 47.9 Å². The first kappa shape index (κ1) is 27.3. The van der Waals surface area contributed by atoms with Crippen LogP contribution in [-0.4, -0.2) is 80.9 Å². The van der Waals surface area contributed by atoms with E-state index in [9.17, 15) is 24.3 Å². The summed E-state index contributed by atoms with van der Waals surface area (Å²) in [6.07, 6.45) is 6.05. The lowest BCUT2D eigenvalue weighted by Gasteiger charge is -2.30. The summed E-state index contributed by atoms with van der Waals surface area (Å²) in [6.45, 7) is 4.23. The topological polar surface area (TPSA) is 197 Å². The molecule has 12 heteroatoms. The van der Waals surface area contributed by atoms with Crippen LogP contribution in [0.4, 0.5) is 0 Å². The van der Waals surface area contributed by atoms with Gasteiger partial charge in [0.25, 0.3) is 0 Å². The van der Waals surface area contributed by atoms with Crippen LogP contribution in [0.15, 0.2) is 12.5 Å². The first-order chi connectivity index (χ1) is 16.1. The van der Waals surface area contributed by atoms with Crippen LogP contribution in [0.25, 0.3) is 0 Å². The summed E-state index contributed by atoms with van der Waals surface area (Å²) in [4.78, 5) is 58.9. The predicted molar refractivity (Wildman–Crippen MR) is 124 cm³/mol. The monoisotopic (exact) mass is 479 g/mol. The number of carboxylic acid groups (broad SMARTS) is 1. The largest absolute Gasteiger partial charge is 0.480 e. The average molecular weight is 480 g/mol. The molecule has 2 rings (SSSR count). The van der Waals surface area contributed by atoms with Crippen molar-refractivity contribution < 1.29 is 24.3 Å². The Balaban J connectivity index is 2.14. The molecule has 0 radical (unpaired) electrons. The zero-order valence-electron chi connectivity index (χ0n) is 19.8. The minimum atomic E-state index is -1.13. The molecule has 1 saturated heterocycles. The van der Waals surface area contributed by atoms with Gasteiger partial charge in [0.2, 0.25) is 17.7 Å². The fraction of sp³-hybridized carbons (Fsp3) is 0.682. The molecule has 0 aliphatic carbocycles. The van der Waals surface area contributed by atoms with Gasteiger partial charge in [-0.3, -0.25) is 14.4 Å². The van der Waals surface area contributed by atoms with Gasteiger partial charge in [0.15, 0.2) is 0 Å². The van der Waals surface area contributed by atoms with E-state index in [0.717, 1.165) is 6.42 Å². The number of H-pyrrole nitrogens is 1. The van der Waals surface area contributed by atoms with E-state index in [1.807, 2.05) is 0 Å². The number of amides is 3. The Kier molecular flexibility index (Phi) is 10.5. The van der Waals surface area contributed by atoms with Gasteiger partial charge in [0.1, 0.15) is 18.1 Å². The van der Waals surface area contributed by atoms with Gasteiger partial charge >= 0.3 is 5.97 Å². The Labute approximate surface area is 199 Å². The molecule has 0 bridgehead atoms. The Bertz CT molecular complexity index is 830. The number of nitrogens with one attached hydrogen (secondary N) is 3. The molecule has 1 fully saturated rings. The lowest BCUT2D eigenvalue weighted by Crippen LogP contribution is -2.57. The quantitative estimate of drug-likeness (QED) is 0.196. The number of nitrogens with zero attached hydrogens (tertiary/aromatic N) is 2. The first-order valence-electron chi connectivity index (χ1n) is 11.7. The van der Waals surface area contributed by atoms with Crippen LogP contribution in [0.1, 0.15) is 51.6 Å². The molecule has 1 aromatic heterocycles. The SMILES string of the molecule is CC(C)C(NC(=O)C1CCCN1C(=O)C(Cc1cnc[nH]1)NC(=O)C(N)CCCCN)C(=O)O. The first-order valence-corrected chi connectivity index (χ1v) is 11.7. The second kappa shape index (κ2) is 13.0. The second-order valence-corrected chi connectivity index (χ2v) is 8.99. The highest BCUT2D eigenvalue weighted by atomic mass is 16.4. The summed E-state index contributed by atoms with van der Waals surface area (Å²) in [6, 6.07) is -3.62. The molecule has 34 heavy (non-hydrogen) atoms. The lowest BCUT2D eigenvalue weighted by molar-refractivity contribution is -0.145. The summed E-state index contributed by atoms with van der Waals surface area (Å²) in [5.74, 6) is -2.85. The summed E-state index contributed by atoms with van der Waals surface area (Å²) < 4.78 is 0. The molecule has 3 amide bonds. The fourth-order valence-corrected chi connectivity index (χ4v) is 4.00. The number of carbonyl (C=O) groups is 4. The standard InChI is InChI=1S/C22H37N7O5/c1-13(2)18(22(33)34)28-20(31)17-7-5-9-29(17)21(32)16(10-14-11-25-12-26-14)27-19(30)15(24)6-3-4-8-23/h11-13,15-18H,3-10,23-24H2,1-2H3,(H,25,26)(H,27,30)(H,28,31)(H,33,34). The van der Waals surface area contributed by atoms with E-state index in [4.69, 9.17) is 11.5 Å². The van der Waals surface area contributed by atoms with E-state index in [1.165, 1.54) is 11.2 Å². The van der Waals surface area contributed by atoms with Crippen LogP contribution in [0.2, 0.25) is 0 Å².